The first-order chi connectivity index (χ1) is 9.16. The van der Waals surface area contributed by atoms with Crippen molar-refractivity contribution in [3.63, 3.8) is 0 Å². The van der Waals surface area contributed by atoms with Crippen LogP contribution < -0.4 is 4.90 Å². The highest BCUT2D eigenvalue weighted by molar-refractivity contribution is 5.94. The van der Waals surface area contributed by atoms with Crippen molar-refractivity contribution in [1.29, 1.82) is 0 Å². The number of carboxylic acid groups (broad SMARTS) is 1. The Morgan fingerprint density at radius 2 is 2.05 bits per heavy atom. The van der Waals surface area contributed by atoms with Crippen molar-refractivity contribution < 1.29 is 9.90 Å². The van der Waals surface area contributed by atoms with Gasteiger partial charge in [-0.25, -0.2) is 4.79 Å². The van der Waals surface area contributed by atoms with Crippen LogP contribution in [0, 0.1) is 12.8 Å². The number of aryl methyl sites for hydroxylation is 1. The van der Waals surface area contributed by atoms with Gasteiger partial charge in [0, 0.05) is 12.6 Å². The van der Waals surface area contributed by atoms with Gasteiger partial charge in [0.2, 0.25) is 0 Å². The zero-order chi connectivity index (χ0) is 13.4. The molecule has 1 saturated heterocycles. The van der Waals surface area contributed by atoms with E-state index in [9.17, 15) is 9.90 Å². The Morgan fingerprint density at radius 3 is 2.84 bits per heavy atom. The predicted octanol–water partition coefficient (Wildman–Crippen LogP) is 3.46. The molecule has 0 aromatic heterocycles. The number of carboxylic acids is 1. The summed E-state index contributed by atoms with van der Waals surface area (Å²) in [7, 11) is 0. The number of nitrogens with zero attached hydrogens (tertiary/aromatic N) is 1. The fourth-order valence-electron chi connectivity index (χ4n) is 3.78. The number of rotatable bonds is 2. The van der Waals surface area contributed by atoms with E-state index in [1.165, 1.54) is 32.1 Å². The minimum atomic E-state index is -0.807. The highest BCUT2D eigenvalue weighted by atomic mass is 16.4. The molecule has 1 saturated carbocycles. The summed E-state index contributed by atoms with van der Waals surface area (Å²) >= 11 is 0. The van der Waals surface area contributed by atoms with Gasteiger partial charge >= 0.3 is 5.97 Å². The Hall–Kier alpha value is -1.51. The quantitative estimate of drug-likeness (QED) is 0.884. The van der Waals surface area contributed by atoms with Crippen LogP contribution in [0.25, 0.3) is 0 Å². The van der Waals surface area contributed by atoms with Crippen molar-refractivity contribution in [2.45, 2.75) is 45.1 Å². The summed E-state index contributed by atoms with van der Waals surface area (Å²) in [5.41, 5.74) is 2.40. The van der Waals surface area contributed by atoms with E-state index in [0.717, 1.165) is 23.7 Å². The molecule has 1 aliphatic heterocycles. The molecule has 3 heteroatoms. The van der Waals surface area contributed by atoms with Crippen LogP contribution in [0.3, 0.4) is 0 Å². The second kappa shape index (κ2) is 4.87. The zero-order valence-corrected chi connectivity index (χ0v) is 11.4. The fourth-order valence-corrected chi connectivity index (χ4v) is 3.78. The summed E-state index contributed by atoms with van der Waals surface area (Å²) in [6.07, 6.45) is 6.38. The van der Waals surface area contributed by atoms with Crippen molar-refractivity contribution in [2.24, 2.45) is 5.92 Å². The van der Waals surface area contributed by atoms with Gasteiger partial charge < -0.3 is 10.0 Å². The van der Waals surface area contributed by atoms with Gasteiger partial charge in [0.25, 0.3) is 0 Å². The van der Waals surface area contributed by atoms with Gasteiger partial charge in [-0.1, -0.05) is 24.5 Å². The molecule has 3 rings (SSSR count). The number of carbonyl (C=O) groups is 1. The molecule has 1 aromatic carbocycles. The Bertz CT molecular complexity index is 498. The molecule has 0 spiro atoms. The number of anilines is 1. The third-order valence-electron chi connectivity index (χ3n) is 4.70. The molecule has 1 aromatic rings. The van der Waals surface area contributed by atoms with Crippen LogP contribution in [0.5, 0.6) is 0 Å². The number of aromatic carboxylic acids is 1. The summed E-state index contributed by atoms with van der Waals surface area (Å²) in [6.45, 7) is 2.96. The van der Waals surface area contributed by atoms with E-state index in [1.807, 2.05) is 19.1 Å². The maximum atomic E-state index is 11.5. The lowest BCUT2D eigenvalue weighted by Crippen LogP contribution is -2.35. The van der Waals surface area contributed by atoms with E-state index >= 15 is 0 Å². The molecule has 1 heterocycles. The van der Waals surface area contributed by atoms with Gasteiger partial charge in [-0.15, -0.1) is 0 Å². The molecule has 19 heavy (non-hydrogen) atoms. The van der Waals surface area contributed by atoms with Crippen LogP contribution in [0.15, 0.2) is 18.2 Å². The van der Waals surface area contributed by atoms with E-state index in [0.29, 0.717) is 11.6 Å². The van der Waals surface area contributed by atoms with Crippen molar-refractivity contribution in [1.82, 2.24) is 0 Å². The molecule has 1 N–H and O–H groups in total. The van der Waals surface area contributed by atoms with Crippen LogP contribution in [-0.2, 0) is 0 Å². The minimum absolute atomic E-state index is 0.464. The second-order valence-electron chi connectivity index (χ2n) is 5.92. The number of benzene rings is 1. The van der Waals surface area contributed by atoms with E-state index in [4.69, 9.17) is 0 Å². The first-order valence-corrected chi connectivity index (χ1v) is 7.27. The van der Waals surface area contributed by atoms with Crippen LogP contribution in [0.2, 0.25) is 0 Å². The standard InChI is InChI=1S/C16H21NO2/c1-11-6-7-15(13(10-11)16(18)19)17-9-8-12-4-2-3-5-14(12)17/h6-7,10,12,14H,2-5,8-9H2,1H3,(H,18,19). The van der Waals surface area contributed by atoms with E-state index < -0.39 is 5.97 Å². The number of fused-ring (bicyclic) bond motifs is 1. The van der Waals surface area contributed by atoms with Gasteiger partial charge in [0.05, 0.1) is 11.3 Å². The molecule has 1 aliphatic carbocycles. The van der Waals surface area contributed by atoms with Crippen LogP contribution in [0.4, 0.5) is 5.69 Å². The van der Waals surface area contributed by atoms with Gasteiger partial charge in [-0.3, -0.25) is 0 Å². The van der Waals surface area contributed by atoms with Crippen molar-refractivity contribution >= 4 is 11.7 Å². The lowest BCUT2D eigenvalue weighted by Gasteiger charge is -2.34. The van der Waals surface area contributed by atoms with E-state index in [1.54, 1.807) is 6.07 Å². The Morgan fingerprint density at radius 1 is 1.26 bits per heavy atom. The highest BCUT2D eigenvalue weighted by Crippen LogP contribution is 2.40. The zero-order valence-electron chi connectivity index (χ0n) is 11.4. The molecular weight excluding hydrogens is 238 g/mol. The average Bonchev–Trinajstić information content (AvgIpc) is 2.82. The predicted molar refractivity (Wildman–Crippen MR) is 75.8 cm³/mol. The van der Waals surface area contributed by atoms with Gasteiger partial charge in [-0.2, -0.15) is 0 Å². The maximum Gasteiger partial charge on any atom is 0.337 e. The van der Waals surface area contributed by atoms with Crippen LogP contribution >= 0.6 is 0 Å². The third-order valence-corrected chi connectivity index (χ3v) is 4.70. The first kappa shape index (κ1) is 12.5. The normalized spacial score (nSPS) is 26.3. The minimum Gasteiger partial charge on any atom is -0.478 e. The average molecular weight is 259 g/mol. The molecule has 0 radical (unpaired) electrons. The monoisotopic (exact) mass is 259 g/mol. The number of hydrogen-bond donors (Lipinski definition) is 1. The molecule has 2 unspecified atom stereocenters. The largest absolute Gasteiger partial charge is 0.478 e. The molecule has 3 nitrogen and oxygen atoms in total. The van der Waals surface area contributed by atoms with Crippen molar-refractivity contribution in [2.75, 3.05) is 11.4 Å². The van der Waals surface area contributed by atoms with E-state index in [2.05, 4.69) is 4.90 Å². The highest BCUT2D eigenvalue weighted by Gasteiger charge is 2.36. The summed E-state index contributed by atoms with van der Waals surface area (Å²) in [5, 5.41) is 9.42. The second-order valence-corrected chi connectivity index (χ2v) is 5.92. The Kier molecular flexibility index (Phi) is 3.21. The van der Waals surface area contributed by atoms with Crippen LogP contribution in [-0.4, -0.2) is 23.7 Å². The van der Waals surface area contributed by atoms with Gasteiger partial charge in [0.15, 0.2) is 0 Å². The summed E-state index contributed by atoms with van der Waals surface area (Å²) in [5.74, 6) is -0.0327. The number of hydrogen-bond acceptors (Lipinski definition) is 2. The molecule has 102 valence electrons. The molecule has 0 bridgehead atoms. The fraction of sp³-hybridized carbons (Fsp3) is 0.562. The van der Waals surface area contributed by atoms with Crippen LogP contribution in [0.1, 0.15) is 48.0 Å². The third kappa shape index (κ3) is 2.22. The molecule has 2 aliphatic rings. The Balaban J connectivity index is 1.95. The van der Waals surface area contributed by atoms with E-state index in [-0.39, 0.29) is 0 Å². The van der Waals surface area contributed by atoms with Crippen molar-refractivity contribution in [3.05, 3.63) is 29.3 Å². The molecular formula is C16H21NO2. The molecule has 2 atom stereocenters. The smallest absolute Gasteiger partial charge is 0.337 e. The van der Waals surface area contributed by atoms with Gasteiger partial charge in [-0.05, 0) is 44.2 Å². The van der Waals surface area contributed by atoms with Crippen molar-refractivity contribution in [3.8, 4) is 0 Å². The SMILES string of the molecule is Cc1ccc(N2CCC3CCCCC32)c(C(=O)O)c1. The lowest BCUT2D eigenvalue weighted by atomic mass is 9.85. The topological polar surface area (TPSA) is 40.5 Å². The first-order valence-electron chi connectivity index (χ1n) is 7.27. The summed E-state index contributed by atoms with van der Waals surface area (Å²) in [6, 6.07) is 6.39. The maximum absolute atomic E-state index is 11.5. The molecule has 0 amide bonds. The summed E-state index contributed by atoms with van der Waals surface area (Å²) in [4.78, 5) is 13.8. The van der Waals surface area contributed by atoms with Gasteiger partial charge in [0.1, 0.15) is 0 Å². The lowest BCUT2D eigenvalue weighted by molar-refractivity contribution is 0.0697. The summed E-state index contributed by atoms with van der Waals surface area (Å²) < 4.78 is 0. The molecule has 2 fully saturated rings. The Labute approximate surface area is 114 Å².